The molecule has 108 valence electrons. The van der Waals surface area contributed by atoms with Gasteiger partial charge in [0.15, 0.2) is 0 Å². The van der Waals surface area contributed by atoms with Crippen molar-refractivity contribution >= 4 is 17.8 Å². The molecule has 6 nitrogen and oxygen atoms in total. The van der Waals surface area contributed by atoms with E-state index >= 15 is 0 Å². The summed E-state index contributed by atoms with van der Waals surface area (Å²) < 4.78 is 10.9. The molecule has 1 aliphatic heterocycles. The molecule has 1 aromatic heterocycles. The van der Waals surface area contributed by atoms with E-state index in [9.17, 15) is 0 Å². The van der Waals surface area contributed by atoms with E-state index in [1.807, 2.05) is 11.8 Å². The smallest absolute Gasteiger partial charge is 0.318 e. The van der Waals surface area contributed by atoms with Gasteiger partial charge in [-0.2, -0.15) is 11.8 Å². The van der Waals surface area contributed by atoms with E-state index in [1.54, 1.807) is 7.11 Å². The predicted octanol–water partition coefficient (Wildman–Crippen LogP) is 1.14. The Bertz CT molecular complexity index is 397. The van der Waals surface area contributed by atoms with Crippen molar-refractivity contribution in [3.05, 3.63) is 5.89 Å². The van der Waals surface area contributed by atoms with Crippen LogP contribution in [0.5, 0.6) is 0 Å². The van der Waals surface area contributed by atoms with Crippen LogP contribution in [-0.4, -0.2) is 54.0 Å². The van der Waals surface area contributed by atoms with Crippen LogP contribution in [-0.2, 0) is 11.3 Å². The van der Waals surface area contributed by atoms with Gasteiger partial charge in [0.1, 0.15) is 0 Å². The molecule has 1 fully saturated rings. The van der Waals surface area contributed by atoms with Gasteiger partial charge in [0, 0.05) is 37.2 Å². The number of rotatable bonds is 6. The van der Waals surface area contributed by atoms with E-state index in [0.717, 1.165) is 25.4 Å². The van der Waals surface area contributed by atoms with E-state index in [-0.39, 0.29) is 4.75 Å². The van der Waals surface area contributed by atoms with Gasteiger partial charge < -0.3 is 19.4 Å². The second-order valence-corrected chi connectivity index (χ2v) is 6.98. The Kier molecular flexibility index (Phi) is 5.06. The standard InChI is InChI=1S/C12H22N4O2S/c1-12(2)9-16(5-7-19-12)11-15-14-10(18-11)8-13-4-6-17-3/h13H,4-9H2,1-3H3. The van der Waals surface area contributed by atoms with E-state index in [0.29, 0.717) is 25.1 Å². The Labute approximate surface area is 118 Å². The number of ether oxygens (including phenoxy) is 1. The van der Waals surface area contributed by atoms with Crippen molar-refractivity contribution in [1.29, 1.82) is 0 Å². The van der Waals surface area contributed by atoms with E-state index in [2.05, 4.69) is 34.3 Å². The number of thioether (sulfide) groups is 1. The molecule has 0 amide bonds. The highest BCUT2D eigenvalue weighted by Crippen LogP contribution is 2.31. The molecule has 0 spiro atoms. The quantitative estimate of drug-likeness (QED) is 0.787. The first-order chi connectivity index (χ1) is 9.11. The molecule has 2 heterocycles. The molecule has 0 saturated carbocycles. The zero-order valence-electron chi connectivity index (χ0n) is 11.8. The van der Waals surface area contributed by atoms with Crippen LogP contribution in [0.25, 0.3) is 0 Å². The maximum atomic E-state index is 5.69. The second kappa shape index (κ2) is 6.58. The van der Waals surface area contributed by atoms with Gasteiger partial charge in [-0.1, -0.05) is 5.10 Å². The van der Waals surface area contributed by atoms with Gasteiger partial charge in [0.2, 0.25) is 5.89 Å². The average molecular weight is 286 g/mol. The lowest BCUT2D eigenvalue weighted by molar-refractivity contribution is 0.198. The van der Waals surface area contributed by atoms with Crippen LogP contribution in [0.3, 0.4) is 0 Å². The van der Waals surface area contributed by atoms with Gasteiger partial charge >= 0.3 is 6.01 Å². The fourth-order valence-corrected chi connectivity index (χ4v) is 3.10. The van der Waals surface area contributed by atoms with Crippen LogP contribution < -0.4 is 10.2 Å². The van der Waals surface area contributed by atoms with E-state index < -0.39 is 0 Å². The van der Waals surface area contributed by atoms with E-state index in [4.69, 9.17) is 9.15 Å². The van der Waals surface area contributed by atoms with Gasteiger partial charge in [-0.05, 0) is 13.8 Å². The minimum atomic E-state index is 0.240. The van der Waals surface area contributed by atoms with Crippen LogP contribution in [0, 0.1) is 0 Å². The Morgan fingerprint density at radius 2 is 2.32 bits per heavy atom. The molecule has 0 atom stereocenters. The largest absolute Gasteiger partial charge is 0.407 e. The summed E-state index contributed by atoms with van der Waals surface area (Å²) in [6.07, 6.45) is 0. The third-order valence-corrected chi connectivity index (χ3v) is 4.21. The first-order valence-corrected chi connectivity index (χ1v) is 7.50. The number of anilines is 1. The summed E-state index contributed by atoms with van der Waals surface area (Å²) in [6, 6.07) is 0.636. The zero-order chi connectivity index (χ0) is 13.7. The Morgan fingerprint density at radius 1 is 1.47 bits per heavy atom. The van der Waals surface area contributed by atoms with Crippen molar-refractivity contribution in [2.75, 3.05) is 44.0 Å². The highest BCUT2D eigenvalue weighted by Gasteiger charge is 2.29. The zero-order valence-corrected chi connectivity index (χ0v) is 12.6. The topological polar surface area (TPSA) is 63.4 Å². The molecule has 0 aliphatic carbocycles. The number of hydrogen-bond acceptors (Lipinski definition) is 7. The van der Waals surface area contributed by atoms with Crippen molar-refractivity contribution in [1.82, 2.24) is 15.5 Å². The SMILES string of the molecule is COCCNCc1nnc(N2CCSC(C)(C)C2)o1. The lowest BCUT2D eigenvalue weighted by Gasteiger charge is -2.36. The highest BCUT2D eigenvalue weighted by atomic mass is 32.2. The number of nitrogens with one attached hydrogen (secondary N) is 1. The Morgan fingerprint density at radius 3 is 3.05 bits per heavy atom. The molecule has 2 rings (SSSR count). The fourth-order valence-electron chi connectivity index (χ4n) is 1.99. The van der Waals surface area contributed by atoms with Crippen LogP contribution in [0.2, 0.25) is 0 Å². The van der Waals surface area contributed by atoms with E-state index in [1.165, 1.54) is 0 Å². The first-order valence-electron chi connectivity index (χ1n) is 6.52. The minimum absolute atomic E-state index is 0.240. The summed E-state index contributed by atoms with van der Waals surface area (Å²) in [7, 11) is 1.68. The van der Waals surface area contributed by atoms with Crippen molar-refractivity contribution in [2.45, 2.75) is 25.1 Å². The van der Waals surface area contributed by atoms with Gasteiger partial charge in [0.05, 0.1) is 13.2 Å². The molecule has 0 radical (unpaired) electrons. The van der Waals surface area contributed by atoms with Gasteiger partial charge in [-0.25, -0.2) is 0 Å². The predicted molar refractivity (Wildman–Crippen MR) is 76.6 cm³/mol. The molecular formula is C12H22N4O2S. The first kappa shape index (κ1) is 14.6. The lowest BCUT2D eigenvalue weighted by atomic mass is 10.2. The summed E-state index contributed by atoms with van der Waals surface area (Å²) >= 11 is 1.99. The molecule has 0 aromatic carbocycles. The molecule has 1 aromatic rings. The number of methoxy groups -OCH3 is 1. The van der Waals surface area contributed by atoms with Crippen molar-refractivity contribution < 1.29 is 9.15 Å². The number of hydrogen-bond donors (Lipinski definition) is 1. The molecule has 19 heavy (non-hydrogen) atoms. The third-order valence-electron chi connectivity index (χ3n) is 2.91. The summed E-state index contributed by atoms with van der Waals surface area (Å²) in [5.74, 6) is 1.72. The molecule has 1 saturated heterocycles. The Balaban J connectivity index is 1.86. The molecule has 1 N–H and O–H groups in total. The molecule has 1 aliphatic rings. The normalized spacial score (nSPS) is 18.8. The van der Waals surface area contributed by atoms with Crippen molar-refractivity contribution in [3.63, 3.8) is 0 Å². The van der Waals surface area contributed by atoms with Crippen LogP contribution in [0.15, 0.2) is 4.42 Å². The fraction of sp³-hybridized carbons (Fsp3) is 0.833. The van der Waals surface area contributed by atoms with Gasteiger partial charge in [-0.3, -0.25) is 0 Å². The van der Waals surface area contributed by atoms with Gasteiger partial charge in [0.25, 0.3) is 0 Å². The van der Waals surface area contributed by atoms with Crippen molar-refractivity contribution in [3.8, 4) is 0 Å². The van der Waals surface area contributed by atoms with Crippen LogP contribution in [0.4, 0.5) is 6.01 Å². The third kappa shape index (κ3) is 4.36. The number of aromatic nitrogens is 2. The average Bonchev–Trinajstić information content (AvgIpc) is 2.82. The second-order valence-electron chi connectivity index (χ2n) is 5.18. The maximum absolute atomic E-state index is 5.69. The summed E-state index contributed by atoms with van der Waals surface area (Å²) in [5.41, 5.74) is 0. The maximum Gasteiger partial charge on any atom is 0.318 e. The van der Waals surface area contributed by atoms with Crippen molar-refractivity contribution in [2.24, 2.45) is 0 Å². The van der Waals surface area contributed by atoms with Crippen LogP contribution in [0.1, 0.15) is 19.7 Å². The summed E-state index contributed by atoms with van der Waals surface area (Å²) in [4.78, 5) is 2.17. The minimum Gasteiger partial charge on any atom is -0.407 e. The molecule has 0 bridgehead atoms. The summed E-state index contributed by atoms with van der Waals surface area (Å²) in [5, 5.41) is 11.4. The molecular weight excluding hydrogens is 264 g/mol. The van der Waals surface area contributed by atoms with Crippen LogP contribution >= 0.6 is 11.8 Å². The monoisotopic (exact) mass is 286 g/mol. The van der Waals surface area contributed by atoms with Gasteiger partial charge in [-0.15, -0.1) is 5.10 Å². The molecule has 7 heteroatoms. The number of nitrogens with zero attached hydrogens (tertiary/aromatic N) is 3. The Hall–Kier alpha value is -0.790. The lowest BCUT2D eigenvalue weighted by Crippen LogP contribution is -2.43. The summed E-state index contributed by atoms with van der Waals surface area (Å²) in [6.45, 7) is 8.44. The highest BCUT2D eigenvalue weighted by molar-refractivity contribution is 8.00. The molecule has 0 unspecified atom stereocenters.